The van der Waals surface area contributed by atoms with Crippen molar-refractivity contribution in [3.05, 3.63) is 62.8 Å². The van der Waals surface area contributed by atoms with Gasteiger partial charge in [-0.3, -0.25) is 9.59 Å². The molecule has 0 unspecified atom stereocenters. The summed E-state index contributed by atoms with van der Waals surface area (Å²) in [6, 6.07) is 11.0. The number of carbonyl (C=O) groups excluding carboxylic acids is 1. The third kappa shape index (κ3) is 6.14. The molecule has 0 atom stereocenters. The van der Waals surface area contributed by atoms with Crippen LogP contribution in [0.2, 0.25) is 0 Å². The first-order chi connectivity index (χ1) is 15.0. The van der Waals surface area contributed by atoms with Crippen LogP contribution in [0.1, 0.15) is 21.5 Å². The van der Waals surface area contributed by atoms with Gasteiger partial charge in [-0.25, -0.2) is 0 Å². The molecular formula is C22H27N3O5S. The van der Waals surface area contributed by atoms with Crippen molar-refractivity contribution in [1.82, 2.24) is 15.6 Å². The van der Waals surface area contributed by atoms with Crippen LogP contribution in [0.3, 0.4) is 0 Å². The van der Waals surface area contributed by atoms with E-state index in [9.17, 15) is 14.7 Å². The average Bonchev–Trinajstić information content (AvgIpc) is 3.18. The fourth-order valence-corrected chi connectivity index (χ4v) is 4.11. The molecule has 0 radical (unpaired) electrons. The second kappa shape index (κ2) is 11.1. The summed E-state index contributed by atoms with van der Waals surface area (Å²) in [6.07, 6.45) is 1.13. The van der Waals surface area contributed by atoms with E-state index in [1.165, 1.54) is 14.2 Å². The van der Waals surface area contributed by atoms with Gasteiger partial charge in [0.1, 0.15) is 11.3 Å². The second-order valence-corrected chi connectivity index (χ2v) is 8.00. The molecule has 0 aliphatic heterocycles. The molecular weight excluding hydrogens is 418 g/mol. The number of rotatable bonds is 11. The number of thiazole rings is 1. The molecule has 0 bridgehead atoms. The molecule has 166 valence electrons. The van der Waals surface area contributed by atoms with Gasteiger partial charge in [-0.05, 0) is 55.3 Å². The molecule has 3 rings (SSSR count). The third-order valence-electron chi connectivity index (χ3n) is 4.97. The van der Waals surface area contributed by atoms with E-state index in [0.29, 0.717) is 11.1 Å². The highest BCUT2D eigenvalue weighted by atomic mass is 32.1. The van der Waals surface area contributed by atoms with E-state index < -0.39 is 6.29 Å². The summed E-state index contributed by atoms with van der Waals surface area (Å²) in [5.74, 6) is -0.0737. The third-order valence-corrected chi connectivity index (χ3v) is 5.93. The Labute approximate surface area is 184 Å². The molecule has 9 heteroatoms. The van der Waals surface area contributed by atoms with Gasteiger partial charge in [0.05, 0.1) is 11.2 Å². The summed E-state index contributed by atoms with van der Waals surface area (Å²) in [7, 11) is 3.05. The molecule has 0 aliphatic carbocycles. The van der Waals surface area contributed by atoms with Crippen LogP contribution >= 0.6 is 11.3 Å². The molecule has 0 saturated carbocycles. The number of phenolic OH excluding ortho intramolecular Hbond substituents is 1. The summed E-state index contributed by atoms with van der Waals surface area (Å²) in [6.45, 7) is 1.83. The Bertz CT molecular complexity index is 1060. The second-order valence-electron chi connectivity index (χ2n) is 7.02. The summed E-state index contributed by atoms with van der Waals surface area (Å²) in [5.41, 5.74) is 3.26. The first-order valence-corrected chi connectivity index (χ1v) is 10.8. The predicted molar refractivity (Wildman–Crippen MR) is 121 cm³/mol. The Balaban J connectivity index is 1.43. The van der Waals surface area contributed by atoms with Crippen molar-refractivity contribution in [2.75, 3.05) is 33.9 Å². The summed E-state index contributed by atoms with van der Waals surface area (Å²) in [5, 5.41) is 16.0. The first-order valence-electron chi connectivity index (χ1n) is 9.99. The molecule has 1 heterocycles. The van der Waals surface area contributed by atoms with E-state index in [2.05, 4.69) is 15.6 Å². The minimum absolute atomic E-state index is 0.0967. The zero-order valence-corrected chi connectivity index (χ0v) is 18.4. The van der Waals surface area contributed by atoms with Gasteiger partial charge < -0.3 is 30.2 Å². The molecule has 8 nitrogen and oxygen atoms in total. The highest BCUT2D eigenvalue weighted by Gasteiger charge is 2.11. The van der Waals surface area contributed by atoms with Crippen molar-refractivity contribution in [1.29, 1.82) is 0 Å². The number of phenols is 1. The van der Waals surface area contributed by atoms with E-state index in [4.69, 9.17) is 9.47 Å². The Morgan fingerprint density at radius 2 is 1.81 bits per heavy atom. The van der Waals surface area contributed by atoms with Gasteiger partial charge in [-0.15, -0.1) is 0 Å². The van der Waals surface area contributed by atoms with E-state index in [1.54, 1.807) is 18.2 Å². The molecule has 0 spiro atoms. The van der Waals surface area contributed by atoms with Gasteiger partial charge in [0.2, 0.25) is 0 Å². The maximum atomic E-state index is 12.2. The van der Waals surface area contributed by atoms with Crippen LogP contribution in [0.5, 0.6) is 5.75 Å². The molecule has 31 heavy (non-hydrogen) atoms. The van der Waals surface area contributed by atoms with E-state index in [-0.39, 0.29) is 23.1 Å². The number of benzene rings is 2. The Morgan fingerprint density at radius 1 is 1.10 bits per heavy atom. The fourth-order valence-electron chi connectivity index (χ4n) is 3.21. The van der Waals surface area contributed by atoms with Crippen molar-refractivity contribution in [3.63, 3.8) is 0 Å². The van der Waals surface area contributed by atoms with Crippen LogP contribution in [0.15, 0.2) is 41.2 Å². The van der Waals surface area contributed by atoms with Crippen molar-refractivity contribution < 1.29 is 19.4 Å². The number of hydrogen-bond donors (Lipinski definition) is 4. The van der Waals surface area contributed by atoms with Crippen molar-refractivity contribution >= 4 is 27.5 Å². The summed E-state index contributed by atoms with van der Waals surface area (Å²) < 4.78 is 10.9. The van der Waals surface area contributed by atoms with Crippen LogP contribution in [0.4, 0.5) is 0 Å². The molecule has 3 aromatic rings. The van der Waals surface area contributed by atoms with E-state index >= 15 is 0 Å². The maximum absolute atomic E-state index is 12.2. The molecule has 2 aromatic carbocycles. The lowest BCUT2D eigenvalue weighted by Crippen LogP contribution is -2.34. The molecule has 0 aliphatic rings. The largest absolute Gasteiger partial charge is 0.506 e. The van der Waals surface area contributed by atoms with Crippen molar-refractivity contribution in [2.45, 2.75) is 19.1 Å². The summed E-state index contributed by atoms with van der Waals surface area (Å²) >= 11 is 1.12. The number of aromatic nitrogens is 1. The predicted octanol–water partition coefficient (Wildman–Crippen LogP) is 2.02. The number of nitrogens with one attached hydrogen (secondary N) is 3. The minimum Gasteiger partial charge on any atom is -0.506 e. The Morgan fingerprint density at radius 3 is 2.52 bits per heavy atom. The average molecular weight is 446 g/mol. The van der Waals surface area contributed by atoms with Crippen molar-refractivity contribution in [3.8, 4) is 5.75 Å². The number of methoxy groups -OCH3 is 2. The van der Waals surface area contributed by atoms with Crippen LogP contribution in [0, 0.1) is 0 Å². The lowest BCUT2D eigenvalue weighted by Gasteiger charge is -2.14. The number of fused-ring (bicyclic) bond motifs is 1. The van der Waals surface area contributed by atoms with Gasteiger partial charge in [0.25, 0.3) is 5.91 Å². The topological polar surface area (TPSA) is 113 Å². The van der Waals surface area contributed by atoms with E-state index in [0.717, 1.165) is 53.1 Å². The van der Waals surface area contributed by atoms with Crippen LogP contribution in [-0.4, -0.2) is 56.1 Å². The standard InChI is InChI=1S/C22H27N3O5S/c1-29-18(30-2)13-24-21(27)16-5-3-14(4-6-16)9-11-23-12-10-15-7-8-17(26)19-20(15)31-22(28)25-19/h3-8,18,23,26H,9-13H2,1-2H3,(H,24,27)(H,25,28). The SMILES string of the molecule is COC(CNC(=O)c1ccc(CCNCCc2ccc(O)c3[nH]c(=O)sc23)cc1)OC. The zero-order chi connectivity index (χ0) is 22.2. The maximum Gasteiger partial charge on any atom is 0.305 e. The first kappa shape index (κ1) is 23.0. The van der Waals surface area contributed by atoms with Gasteiger partial charge in [-0.2, -0.15) is 0 Å². The van der Waals surface area contributed by atoms with Crippen LogP contribution < -0.4 is 15.5 Å². The smallest absolute Gasteiger partial charge is 0.305 e. The highest BCUT2D eigenvalue weighted by Crippen LogP contribution is 2.27. The minimum atomic E-state index is -0.465. The number of carbonyl (C=O) groups is 1. The Hall–Kier alpha value is -2.72. The number of aromatic amines is 1. The Kier molecular flexibility index (Phi) is 8.19. The number of hydrogen-bond acceptors (Lipinski definition) is 7. The lowest BCUT2D eigenvalue weighted by atomic mass is 10.1. The number of aromatic hydroxyl groups is 1. The normalized spacial score (nSPS) is 11.3. The number of amides is 1. The van der Waals surface area contributed by atoms with E-state index in [1.807, 2.05) is 18.2 Å². The van der Waals surface area contributed by atoms with Gasteiger partial charge in [-0.1, -0.05) is 29.5 Å². The van der Waals surface area contributed by atoms with Crippen molar-refractivity contribution in [2.24, 2.45) is 0 Å². The monoisotopic (exact) mass is 445 g/mol. The molecule has 1 amide bonds. The quantitative estimate of drug-likeness (QED) is 0.265. The molecule has 4 N–H and O–H groups in total. The van der Waals surface area contributed by atoms with Gasteiger partial charge in [0.15, 0.2) is 6.29 Å². The number of ether oxygens (including phenoxy) is 2. The zero-order valence-electron chi connectivity index (χ0n) is 17.6. The van der Waals surface area contributed by atoms with Gasteiger partial charge in [0, 0.05) is 19.8 Å². The van der Waals surface area contributed by atoms with Crippen LogP contribution in [0.25, 0.3) is 10.2 Å². The molecule has 0 saturated heterocycles. The molecule has 1 aromatic heterocycles. The van der Waals surface area contributed by atoms with Gasteiger partial charge >= 0.3 is 4.87 Å². The number of H-pyrrole nitrogens is 1. The molecule has 0 fully saturated rings. The fraction of sp³-hybridized carbons (Fsp3) is 0.364. The summed E-state index contributed by atoms with van der Waals surface area (Å²) in [4.78, 5) is 26.3. The van der Waals surface area contributed by atoms with Crippen LogP contribution in [-0.2, 0) is 22.3 Å². The highest BCUT2D eigenvalue weighted by molar-refractivity contribution is 7.16. The lowest BCUT2D eigenvalue weighted by molar-refractivity contribution is -0.0974.